The van der Waals surface area contributed by atoms with Crippen molar-refractivity contribution in [3.05, 3.63) is 7.05 Å². The van der Waals surface area contributed by atoms with Crippen LogP contribution in [0.2, 0.25) is 0 Å². The van der Waals surface area contributed by atoms with E-state index in [-0.39, 0.29) is 17.7 Å². The second-order valence-corrected chi connectivity index (χ2v) is 4.51. The van der Waals surface area contributed by atoms with E-state index in [1.54, 1.807) is 0 Å². The van der Waals surface area contributed by atoms with Gasteiger partial charge in [0.25, 0.3) is 0 Å². The van der Waals surface area contributed by atoms with E-state index >= 15 is 0 Å². The van der Waals surface area contributed by atoms with E-state index in [2.05, 4.69) is 17.7 Å². The summed E-state index contributed by atoms with van der Waals surface area (Å²) in [7, 11) is 3.35. The Morgan fingerprint density at radius 2 is 2.06 bits per heavy atom. The number of amides is 2. The summed E-state index contributed by atoms with van der Waals surface area (Å²) in [4.78, 5) is 23.3. The van der Waals surface area contributed by atoms with Crippen LogP contribution in [0.1, 0.15) is 38.5 Å². The molecule has 1 aliphatic rings. The van der Waals surface area contributed by atoms with Crippen LogP contribution in [-0.2, 0) is 9.59 Å². The van der Waals surface area contributed by atoms with E-state index in [1.807, 2.05) is 0 Å². The Balaban J connectivity index is 2.38. The van der Waals surface area contributed by atoms with Crippen molar-refractivity contribution in [2.75, 3.05) is 6.54 Å². The molecule has 1 atom stereocenters. The van der Waals surface area contributed by atoms with Crippen molar-refractivity contribution in [2.45, 2.75) is 44.6 Å². The van der Waals surface area contributed by atoms with E-state index in [1.165, 1.54) is 0 Å². The number of unbranched alkanes of at least 4 members (excludes halogenated alkanes) is 1. The van der Waals surface area contributed by atoms with E-state index in [0.29, 0.717) is 13.0 Å². The van der Waals surface area contributed by atoms with E-state index < -0.39 is 6.04 Å². The minimum absolute atomic E-state index is 0.00222. The number of hydrogen-bond acceptors (Lipinski definition) is 3. The van der Waals surface area contributed by atoms with Gasteiger partial charge in [0.05, 0.1) is 0 Å². The largest absolute Gasteiger partial charge is 0.353 e. The van der Waals surface area contributed by atoms with Crippen molar-refractivity contribution >= 4 is 11.8 Å². The molecule has 0 aromatic heterocycles. The summed E-state index contributed by atoms with van der Waals surface area (Å²) in [6, 6.07) is -0.466. The summed E-state index contributed by atoms with van der Waals surface area (Å²) in [5.41, 5.74) is 5.40. The molecule has 4 N–H and O–H groups in total. The molecular formula is C12H22N3O2. The van der Waals surface area contributed by atoms with Crippen molar-refractivity contribution in [2.24, 2.45) is 11.7 Å². The zero-order valence-corrected chi connectivity index (χ0v) is 10.2. The van der Waals surface area contributed by atoms with Crippen LogP contribution in [0.4, 0.5) is 0 Å². The summed E-state index contributed by atoms with van der Waals surface area (Å²) < 4.78 is 0. The number of carbonyl (C=O) groups is 2. The second kappa shape index (κ2) is 7.27. The first-order chi connectivity index (χ1) is 8.19. The predicted molar refractivity (Wildman–Crippen MR) is 65.7 cm³/mol. The van der Waals surface area contributed by atoms with Crippen LogP contribution in [0.25, 0.3) is 0 Å². The van der Waals surface area contributed by atoms with Crippen LogP contribution in [0.15, 0.2) is 0 Å². The minimum Gasteiger partial charge on any atom is -0.353 e. The van der Waals surface area contributed by atoms with Crippen molar-refractivity contribution in [1.82, 2.24) is 10.6 Å². The van der Waals surface area contributed by atoms with Crippen molar-refractivity contribution < 1.29 is 9.59 Å². The van der Waals surface area contributed by atoms with Gasteiger partial charge in [-0.05, 0) is 38.6 Å². The highest BCUT2D eigenvalue weighted by atomic mass is 16.2. The Hall–Kier alpha value is -1.10. The molecule has 1 radical (unpaired) electrons. The third-order valence-corrected chi connectivity index (χ3v) is 3.23. The first-order valence-corrected chi connectivity index (χ1v) is 6.26. The third kappa shape index (κ3) is 4.34. The molecular weight excluding hydrogens is 218 g/mol. The van der Waals surface area contributed by atoms with Gasteiger partial charge in [0, 0.05) is 13.0 Å². The lowest BCUT2D eigenvalue weighted by atomic mass is 9.84. The van der Waals surface area contributed by atoms with Crippen molar-refractivity contribution in [3.63, 3.8) is 0 Å². The molecule has 1 rings (SSSR count). The quantitative estimate of drug-likeness (QED) is 0.560. The SMILES string of the molecule is [CH2]NC(=O)[C@H](CCCCN)NC(=O)C1CCC1. The molecule has 5 heteroatoms. The molecule has 0 unspecified atom stereocenters. The molecule has 5 nitrogen and oxygen atoms in total. The molecule has 2 amide bonds. The summed E-state index contributed by atoms with van der Waals surface area (Å²) >= 11 is 0. The maximum Gasteiger partial charge on any atom is 0.242 e. The van der Waals surface area contributed by atoms with Crippen LogP contribution in [0, 0.1) is 13.0 Å². The predicted octanol–water partition coefficient (Wildman–Crippen LogP) is 0.308. The third-order valence-electron chi connectivity index (χ3n) is 3.23. The van der Waals surface area contributed by atoms with Gasteiger partial charge in [-0.1, -0.05) is 6.42 Å². The van der Waals surface area contributed by atoms with Crippen LogP contribution in [0.3, 0.4) is 0 Å². The van der Waals surface area contributed by atoms with Gasteiger partial charge >= 0.3 is 0 Å². The van der Waals surface area contributed by atoms with Gasteiger partial charge < -0.3 is 16.4 Å². The van der Waals surface area contributed by atoms with E-state index in [4.69, 9.17) is 5.73 Å². The van der Waals surface area contributed by atoms with Gasteiger partial charge in [0.2, 0.25) is 11.8 Å². The van der Waals surface area contributed by atoms with Gasteiger partial charge in [-0.25, -0.2) is 0 Å². The van der Waals surface area contributed by atoms with Gasteiger partial charge in [-0.2, -0.15) is 0 Å². The summed E-state index contributed by atoms with van der Waals surface area (Å²) in [5, 5.41) is 5.13. The lowest BCUT2D eigenvalue weighted by Gasteiger charge is -2.26. The van der Waals surface area contributed by atoms with Crippen LogP contribution >= 0.6 is 0 Å². The molecule has 0 aliphatic heterocycles. The monoisotopic (exact) mass is 240 g/mol. The number of carbonyl (C=O) groups excluding carboxylic acids is 2. The van der Waals surface area contributed by atoms with Gasteiger partial charge in [0.15, 0.2) is 0 Å². The van der Waals surface area contributed by atoms with Gasteiger partial charge in [-0.15, -0.1) is 0 Å². The lowest BCUT2D eigenvalue weighted by molar-refractivity contribution is -0.132. The first-order valence-electron chi connectivity index (χ1n) is 6.26. The van der Waals surface area contributed by atoms with Gasteiger partial charge in [0.1, 0.15) is 6.04 Å². The highest BCUT2D eigenvalue weighted by molar-refractivity contribution is 5.88. The Bertz CT molecular complexity index is 264. The lowest BCUT2D eigenvalue weighted by Crippen LogP contribution is -2.48. The summed E-state index contributed by atoms with van der Waals surface area (Å²) in [5.74, 6) is -0.128. The Labute approximate surface area is 103 Å². The molecule has 1 saturated carbocycles. The fraction of sp³-hybridized carbons (Fsp3) is 0.750. The number of nitrogens with two attached hydrogens (primary N) is 1. The molecule has 0 bridgehead atoms. The standard InChI is InChI=1S/C12H22N3O2/c1-14-12(17)10(7-2-3-8-13)15-11(16)9-5-4-6-9/h9-10H,1-8,13H2,(H,14,17)(H,15,16)/t10-/m0/s1. The fourth-order valence-corrected chi connectivity index (χ4v) is 1.84. The normalized spacial score (nSPS) is 17.1. The highest BCUT2D eigenvalue weighted by Gasteiger charge is 2.28. The number of hydrogen-bond donors (Lipinski definition) is 3. The average Bonchev–Trinajstić information content (AvgIpc) is 2.24. The molecule has 0 spiro atoms. The second-order valence-electron chi connectivity index (χ2n) is 4.51. The van der Waals surface area contributed by atoms with Crippen LogP contribution in [-0.4, -0.2) is 24.4 Å². The zero-order valence-electron chi connectivity index (χ0n) is 10.2. The molecule has 1 aliphatic carbocycles. The number of nitrogens with one attached hydrogen (secondary N) is 2. The van der Waals surface area contributed by atoms with Crippen LogP contribution < -0.4 is 16.4 Å². The molecule has 1 fully saturated rings. The van der Waals surface area contributed by atoms with E-state index in [0.717, 1.165) is 32.1 Å². The molecule has 0 aromatic carbocycles. The van der Waals surface area contributed by atoms with Crippen molar-refractivity contribution in [3.8, 4) is 0 Å². The Morgan fingerprint density at radius 1 is 1.35 bits per heavy atom. The highest BCUT2D eigenvalue weighted by Crippen LogP contribution is 2.26. The Morgan fingerprint density at radius 3 is 2.53 bits per heavy atom. The first kappa shape index (κ1) is 14.0. The topological polar surface area (TPSA) is 84.2 Å². The molecule has 0 saturated heterocycles. The molecule has 97 valence electrons. The molecule has 0 aromatic rings. The van der Waals surface area contributed by atoms with Gasteiger partial charge in [-0.3, -0.25) is 9.59 Å². The Kier molecular flexibility index (Phi) is 5.97. The smallest absolute Gasteiger partial charge is 0.242 e. The van der Waals surface area contributed by atoms with E-state index in [9.17, 15) is 9.59 Å². The number of rotatable bonds is 7. The maximum absolute atomic E-state index is 11.8. The van der Waals surface area contributed by atoms with Crippen LogP contribution in [0.5, 0.6) is 0 Å². The fourth-order valence-electron chi connectivity index (χ4n) is 1.84. The minimum atomic E-state index is -0.466. The molecule has 17 heavy (non-hydrogen) atoms. The molecule has 0 heterocycles. The summed E-state index contributed by atoms with van der Waals surface area (Å²) in [6.07, 6.45) is 5.30. The maximum atomic E-state index is 11.8. The summed E-state index contributed by atoms with van der Waals surface area (Å²) in [6.45, 7) is 0.606. The zero-order chi connectivity index (χ0) is 12.7. The average molecular weight is 240 g/mol. The van der Waals surface area contributed by atoms with Crippen molar-refractivity contribution in [1.29, 1.82) is 0 Å².